The fourth-order valence-corrected chi connectivity index (χ4v) is 3.49. The summed E-state index contributed by atoms with van der Waals surface area (Å²) in [6.07, 6.45) is 0. The van der Waals surface area contributed by atoms with Gasteiger partial charge in [-0.3, -0.25) is 4.79 Å². The molecule has 1 amide bonds. The summed E-state index contributed by atoms with van der Waals surface area (Å²) in [4.78, 5) is 13.0. The molecule has 2 heterocycles. The van der Waals surface area contributed by atoms with Crippen LogP contribution in [0.15, 0.2) is 52.9 Å². The molecule has 4 aromatic rings. The molecule has 1 N–H and O–H groups in total. The first kappa shape index (κ1) is 18.8. The quantitative estimate of drug-likeness (QED) is 0.510. The largest absolute Gasteiger partial charge is 0.494 e. The summed E-state index contributed by atoms with van der Waals surface area (Å²) < 4.78 is 13.2. The van der Waals surface area contributed by atoms with Gasteiger partial charge in [-0.25, -0.2) is 4.68 Å². The van der Waals surface area contributed by atoms with Crippen molar-refractivity contribution < 1.29 is 13.9 Å². The predicted octanol–water partition coefficient (Wildman–Crippen LogP) is 5.19. The van der Waals surface area contributed by atoms with Crippen molar-refractivity contribution in [3.63, 3.8) is 0 Å². The Hall–Kier alpha value is -3.54. The van der Waals surface area contributed by atoms with Gasteiger partial charge in [0.25, 0.3) is 5.91 Å². The van der Waals surface area contributed by atoms with Gasteiger partial charge in [-0.15, -0.1) is 0 Å². The molecule has 0 saturated heterocycles. The maximum atomic E-state index is 13.0. The van der Waals surface area contributed by atoms with Crippen LogP contribution in [0.25, 0.3) is 16.7 Å². The Balaban J connectivity index is 1.67. The number of carbonyl (C=O) groups is 1. The predicted molar refractivity (Wildman–Crippen MR) is 113 cm³/mol. The smallest absolute Gasteiger partial charge is 0.291 e. The molecule has 0 aliphatic rings. The van der Waals surface area contributed by atoms with Crippen LogP contribution in [-0.2, 0) is 0 Å². The molecule has 0 aliphatic heterocycles. The van der Waals surface area contributed by atoms with Crippen LogP contribution in [-0.4, -0.2) is 22.3 Å². The minimum absolute atomic E-state index is 0.292. The number of furan rings is 1. The average molecular weight is 389 g/mol. The number of carbonyl (C=O) groups excluding carboxylic acids is 1. The number of nitrogens with zero attached hydrogens (tertiary/aromatic N) is 2. The van der Waals surface area contributed by atoms with E-state index < -0.39 is 0 Å². The summed E-state index contributed by atoms with van der Waals surface area (Å²) in [5.74, 6) is 0.752. The Bertz CT molecular complexity index is 1190. The second-order valence-electron chi connectivity index (χ2n) is 6.89. The van der Waals surface area contributed by atoms with Gasteiger partial charge in [0.2, 0.25) is 0 Å². The third kappa shape index (κ3) is 3.38. The fraction of sp³-hybridized carbons (Fsp3) is 0.217. The molecule has 0 radical (unpaired) electrons. The van der Waals surface area contributed by atoms with Crippen molar-refractivity contribution in [1.29, 1.82) is 0 Å². The van der Waals surface area contributed by atoms with Gasteiger partial charge >= 0.3 is 0 Å². The number of hydrogen-bond donors (Lipinski definition) is 1. The van der Waals surface area contributed by atoms with E-state index in [0.29, 0.717) is 23.6 Å². The van der Waals surface area contributed by atoms with Crippen LogP contribution < -0.4 is 10.1 Å². The van der Waals surface area contributed by atoms with Crippen molar-refractivity contribution in [3.05, 3.63) is 71.2 Å². The molecule has 2 aromatic carbocycles. The minimum atomic E-state index is -0.296. The first-order valence-electron chi connectivity index (χ1n) is 9.58. The summed E-state index contributed by atoms with van der Waals surface area (Å²) in [6, 6.07) is 15.4. The zero-order valence-corrected chi connectivity index (χ0v) is 16.9. The van der Waals surface area contributed by atoms with Gasteiger partial charge in [-0.05, 0) is 58.0 Å². The van der Waals surface area contributed by atoms with Gasteiger partial charge in [0.15, 0.2) is 5.76 Å². The highest BCUT2D eigenvalue weighted by Crippen LogP contribution is 2.30. The molecule has 2 aromatic heterocycles. The van der Waals surface area contributed by atoms with Gasteiger partial charge in [0.05, 0.1) is 29.4 Å². The highest BCUT2D eigenvalue weighted by atomic mass is 16.5. The van der Waals surface area contributed by atoms with E-state index >= 15 is 0 Å². The molecule has 0 spiro atoms. The number of nitrogens with one attached hydrogen (secondary N) is 1. The average Bonchev–Trinajstić information content (AvgIpc) is 3.20. The van der Waals surface area contributed by atoms with Crippen LogP contribution in [0.2, 0.25) is 0 Å². The zero-order valence-electron chi connectivity index (χ0n) is 16.9. The minimum Gasteiger partial charge on any atom is -0.494 e. The lowest BCUT2D eigenvalue weighted by Gasteiger charge is -2.06. The van der Waals surface area contributed by atoms with Gasteiger partial charge < -0.3 is 14.5 Å². The van der Waals surface area contributed by atoms with Crippen LogP contribution in [0.5, 0.6) is 5.75 Å². The molecular formula is C23H23N3O3. The second-order valence-corrected chi connectivity index (χ2v) is 6.89. The number of rotatable bonds is 5. The van der Waals surface area contributed by atoms with Crippen LogP contribution in [0, 0.1) is 20.8 Å². The first-order valence-corrected chi connectivity index (χ1v) is 9.58. The fourth-order valence-electron chi connectivity index (χ4n) is 3.49. The molecule has 4 rings (SSSR count). The lowest BCUT2D eigenvalue weighted by atomic mass is 10.1. The van der Waals surface area contributed by atoms with E-state index in [1.165, 1.54) is 0 Å². The highest BCUT2D eigenvalue weighted by Gasteiger charge is 2.21. The number of benzene rings is 2. The van der Waals surface area contributed by atoms with E-state index in [-0.39, 0.29) is 5.91 Å². The monoisotopic (exact) mass is 389 g/mol. The van der Waals surface area contributed by atoms with Gasteiger partial charge in [0.1, 0.15) is 11.3 Å². The summed E-state index contributed by atoms with van der Waals surface area (Å²) in [7, 11) is 0. The third-order valence-electron chi connectivity index (χ3n) is 4.96. The van der Waals surface area contributed by atoms with Crippen LogP contribution in [0.4, 0.5) is 5.69 Å². The Morgan fingerprint density at radius 3 is 2.62 bits per heavy atom. The molecular weight excluding hydrogens is 366 g/mol. The Morgan fingerprint density at radius 2 is 1.90 bits per heavy atom. The number of amides is 1. The topological polar surface area (TPSA) is 69.3 Å². The van der Waals surface area contributed by atoms with Crippen molar-refractivity contribution in [2.75, 3.05) is 11.9 Å². The van der Waals surface area contributed by atoms with Crippen molar-refractivity contribution >= 4 is 22.6 Å². The van der Waals surface area contributed by atoms with Crippen molar-refractivity contribution in [2.45, 2.75) is 27.7 Å². The lowest BCUT2D eigenvalue weighted by Crippen LogP contribution is -2.13. The van der Waals surface area contributed by atoms with E-state index in [2.05, 4.69) is 10.4 Å². The van der Waals surface area contributed by atoms with Gasteiger partial charge in [-0.2, -0.15) is 5.10 Å². The molecule has 148 valence electrons. The Kier molecular flexibility index (Phi) is 4.84. The highest BCUT2D eigenvalue weighted by molar-refractivity contribution is 6.07. The van der Waals surface area contributed by atoms with E-state index in [0.717, 1.165) is 33.8 Å². The van der Waals surface area contributed by atoms with E-state index in [9.17, 15) is 4.79 Å². The molecule has 0 fully saturated rings. The standard InChI is InChI=1S/C23H23N3O3/c1-5-28-18-11-12-20-19(13-18)14(2)22(29-20)23(27)24-21-15(3)25-26(16(21)4)17-9-7-6-8-10-17/h6-13H,5H2,1-4H3,(H,24,27). The third-order valence-corrected chi connectivity index (χ3v) is 4.96. The van der Waals surface area contributed by atoms with Gasteiger partial charge in [-0.1, -0.05) is 18.2 Å². The molecule has 6 nitrogen and oxygen atoms in total. The molecule has 0 aliphatic carbocycles. The number of para-hydroxylation sites is 1. The molecule has 0 bridgehead atoms. The molecule has 0 unspecified atom stereocenters. The number of hydrogen-bond acceptors (Lipinski definition) is 4. The van der Waals surface area contributed by atoms with Crippen LogP contribution >= 0.6 is 0 Å². The maximum absolute atomic E-state index is 13.0. The first-order chi connectivity index (χ1) is 14.0. The molecule has 6 heteroatoms. The van der Waals surface area contributed by atoms with E-state index in [1.807, 2.05) is 80.9 Å². The van der Waals surface area contributed by atoms with E-state index in [4.69, 9.17) is 9.15 Å². The van der Waals surface area contributed by atoms with Crippen molar-refractivity contribution in [1.82, 2.24) is 9.78 Å². The number of ether oxygens (including phenoxy) is 1. The SMILES string of the molecule is CCOc1ccc2oc(C(=O)Nc3c(C)nn(-c4ccccc4)c3C)c(C)c2c1. The number of aryl methyl sites for hydroxylation is 2. The van der Waals surface area contributed by atoms with Crippen molar-refractivity contribution in [2.24, 2.45) is 0 Å². The Morgan fingerprint density at radius 1 is 1.14 bits per heavy atom. The maximum Gasteiger partial charge on any atom is 0.291 e. The number of fused-ring (bicyclic) bond motifs is 1. The number of anilines is 1. The summed E-state index contributed by atoms with van der Waals surface area (Å²) in [6.45, 7) is 8.21. The lowest BCUT2D eigenvalue weighted by molar-refractivity contribution is 0.0997. The summed E-state index contributed by atoms with van der Waals surface area (Å²) in [5.41, 5.74) is 4.67. The van der Waals surface area contributed by atoms with Gasteiger partial charge in [0, 0.05) is 10.9 Å². The molecule has 0 atom stereocenters. The number of aromatic nitrogens is 2. The Labute approximate surface area is 169 Å². The van der Waals surface area contributed by atoms with Crippen molar-refractivity contribution in [3.8, 4) is 11.4 Å². The zero-order chi connectivity index (χ0) is 20.5. The molecule has 0 saturated carbocycles. The van der Waals surface area contributed by atoms with Crippen LogP contribution in [0.3, 0.4) is 0 Å². The van der Waals surface area contributed by atoms with Crippen LogP contribution in [0.1, 0.15) is 34.4 Å². The summed E-state index contributed by atoms with van der Waals surface area (Å²) in [5, 5.41) is 8.43. The van der Waals surface area contributed by atoms with E-state index in [1.54, 1.807) is 0 Å². The normalized spacial score (nSPS) is 11.0. The second kappa shape index (κ2) is 7.47. The molecule has 29 heavy (non-hydrogen) atoms. The summed E-state index contributed by atoms with van der Waals surface area (Å²) >= 11 is 0.